The molecule has 0 aliphatic heterocycles. The highest BCUT2D eigenvalue weighted by atomic mass is 15.1. The largest absolute Gasteiger partial charge is 0.362 e. The zero-order chi connectivity index (χ0) is 11.4. The minimum absolute atomic E-state index is 0.459. The summed E-state index contributed by atoms with van der Waals surface area (Å²) in [5, 5.41) is 9.03. The lowest BCUT2D eigenvalue weighted by molar-refractivity contribution is 0.729. The van der Waals surface area contributed by atoms with E-state index in [4.69, 9.17) is 5.26 Å². The van der Waals surface area contributed by atoms with Crippen molar-refractivity contribution in [1.29, 1.82) is 5.26 Å². The summed E-state index contributed by atoms with van der Waals surface area (Å²) in [7, 11) is 3.79. The second-order valence-electron chi connectivity index (χ2n) is 3.96. The Balaban J connectivity index is 3.15. The monoisotopic (exact) mass is 203 g/mol. The van der Waals surface area contributed by atoms with Crippen molar-refractivity contribution in [2.45, 2.75) is 26.2 Å². The normalized spacial score (nSPS) is 11.9. The summed E-state index contributed by atoms with van der Waals surface area (Å²) in [4.78, 5) is 6.18. The van der Waals surface area contributed by atoms with Crippen molar-refractivity contribution < 1.29 is 0 Å². The maximum Gasteiger partial charge on any atom is 0.145 e. The van der Waals surface area contributed by atoms with Gasteiger partial charge in [0.2, 0.25) is 0 Å². The predicted molar refractivity (Wildman–Crippen MR) is 62.0 cm³/mol. The Morgan fingerprint density at radius 1 is 1.53 bits per heavy atom. The van der Waals surface area contributed by atoms with Crippen LogP contribution in [0.3, 0.4) is 0 Å². The Bertz CT molecular complexity index is 377. The van der Waals surface area contributed by atoms with Gasteiger partial charge in [0.15, 0.2) is 0 Å². The number of nitriles is 1. The van der Waals surface area contributed by atoms with E-state index < -0.39 is 0 Å². The van der Waals surface area contributed by atoms with E-state index in [1.165, 1.54) is 0 Å². The molecule has 0 saturated carbocycles. The van der Waals surface area contributed by atoms with Crippen molar-refractivity contribution in [3.8, 4) is 6.07 Å². The lowest BCUT2D eigenvalue weighted by atomic mass is 9.99. The summed E-state index contributed by atoms with van der Waals surface area (Å²) in [5.41, 5.74) is 1.79. The first kappa shape index (κ1) is 11.5. The number of nitrogens with zero attached hydrogens (tertiary/aromatic N) is 3. The van der Waals surface area contributed by atoms with Crippen LogP contribution in [0.4, 0.5) is 5.82 Å². The molecular formula is C12H17N3. The maximum atomic E-state index is 9.03. The van der Waals surface area contributed by atoms with Crippen LogP contribution in [0, 0.1) is 11.3 Å². The van der Waals surface area contributed by atoms with E-state index in [1.54, 1.807) is 0 Å². The summed E-state index contributed by atoms with van der Waals surface area (Å²) < 4.78 is 0. The molecule has 1 unspecified atom stereocenters. The summed E-state index contributed by atoms with van der Waals surface area (Å²) in [6.07, 6.45) is 2.93. The topological polar surface area (TPSA) is 39.9 Å². The van der Waals surface area contributed by atoms with Gasteiger partial charge in [-0.3, -0.25) is 0 Å². The molecular weight excluding hydrogens is 186 g/mol. The second kappa shape index (κ2) is 4.79. The van der Waals surface area contributed by atoms with Crippen LogP contribution in [0.15, 0.2) is 12.3 Å². The smallest absolute Gasteiger partial charge is 0.145 e. The molecule has 1 aromatic rings. The van der Waals surface area contributed by atoms with Gasteiger partial charge in [-0.2, -0.15) is 5.26 Å². The molecule has 0 N–H and O–H groups in total. The fraction of sp³-hybridized carbons (Fsp3) is 0.500. The van der Waals surface area contributed by atoms with Gasteiger partial charge in [-0.1, -0.05) is 13.8 Å². The van der Waals surface area contributed by atoms with Crippen LogP contribution in [0.2, 0.25) is 0 Å². The van der Waals surface area contributed by atoms with Gasteiger partial charge < -0.3 is 4.90 Å². The average molecular weight is 203 g/mol. The zero-order valence-corrected chi connectivity index (χ0v) is 9.78. The molecule has 0 bridgehead atoms. The van der Waals surface area contributed by atoms with Gasteiger partial charge in [0.1, 0.15) is 11.9 Å². The van der Waals surface area contributed by atoms with E-state index in [1.807, 2.05) is 31.3 Å². The van der Waals surface area contributed by atoms with Crippen LogP contribution in [-0.4, -0.2) is 19.1 Å². The van der Waals surface area contributed by atoms with Gasteiger partial charge in [-0.15, -0.1) is 0 Å². The number of hydrogen-bond donors (Lipinski definition) is 0. The molecule has 1 atom stereocenters. The molecule has 80 valence electrons. The molecule has 0 aliphatic carbocycles. The Morgan fingerprint density at radius 3 is 2.67 bits per heavy atom. The molecule has 0 saturated heterocycles. The quantitative estimate of drug-likeness (QED) is 0.758. The number of pyridine rings is 1. The van der Waals surface area contributed by atoms with Crippen LogP contribution >= 0.6 is 0 Å². The van der Waals surface area contributed by atoms with Crippen LogP contribution < -0.4 is 4.90 Å². The summed E-state index contributed by atoms with van der Waals surface area (Å²) in [5.74, 6) is 1.20. The zero-order valence-electron chi connectivity index (χ0n) is 9.78. The highest BCUT2D eigenvalue weighted by Crippen LogP contribution is 2.22. The molecule has 3 heteroatoms. The van der Waals surface area contributed by atoms with Crippen molar-refractivity contribution in [2.24, 2.45) is 0 Å². The first-order valence-corrected chi connectivity index (χ1v) is 5.17. The molecule has 0 amide bonds. The van der Waals surface area contributed by atoms with Gasteiger partial charge in [0, 0.05) is 20.3 Å². The van der Waals surface area contributed by atoms with Crippen LogP contribution in [0.1, 0.15) is 37.3 Å². The highest BCUT2D eigenvalue weighted by Gasteiger charge is 2.10. The second-order valence-corrected chi connectivity index (χ2v) is 3.96. The Kier molecular flexibility index (Phi) is 3.68. The summed E-state index contributed by atoms with van der Waals surface area (Å²) >= 11 is 0. The number of aromatic nitrogens is 1. The van der Waals surface area contributed by atoms with Crippen molar-refractivity contribution >= 4 is 5.82 Å². The van der Waals surface area contributed by atoms with Gasteiger partial charge in [-0.25, -0.2) is 4.98 Å². The standard InChI is InChI=1S/C12H17N3/c1-5-9(2)11-6-10(7-13)12(14-8-11)15(3)4/h6,8-9H,5H2,1-4H3. The van der Waals surface area contributed by atoms with Gasteiger partial charge in [0.05, 0.1) is 5.56 Å². The molecule has 0 aromatic carbocycles. The molecule has 0 aliphatic rings. The third-order valence-electron chi connectivity index (χ3n) is 2.61. The third kappa shape index (κ3) is 2.47. The van der Waals surface area contributed by atoms with E-state index in [0.717, 1.165) is 17.8 Å². The molecule has 15 heavy (non-hydrogen) atoms. The lowest BCUT2D eigenvalue weighted by Gasteiger charge is -2.15. The molecule has 3 nitrogen and oxygen atoms in total. The van der Waals surface area contributed by atoms with E-state index in [0.29, 0.717) is 11.5 Å². The van der Waals surface area contributed by atoms with Gasteiger partial charge >= 0.3 is 0 Å². The van der Waals surface area contributed by atoms with Crippen LogP contribution in [-0.2, 0) is 0 Å². The minimum atomic E-state index is 0.459. The van der Waals surface area contributed by atoms with Crippen molar-refractivity contribution in [3.05, 3.63) is 23.4 Å². The average Bonchev–Trinajstić information content (AvgIpc) is 2.26. The van der Waals surface area contributed by atoms with E-state index in [2.05, 4.69) is 24.9 Å². The van der Waals surface area contributed by atoms with Crippen molar-refractivity contribution in [3.63, 3.8) is 0 Å². The predicted octanol–water partition coefficient (Wildman–Crippen LogP) is 2.53. The van der Waals surface area contributed by atoms with Crippen LogP contribution in [0.25, 0.3) is 0 Å². The third-order valence-corrected chi connectivity index (χ3v) is 2.61. The molecule has 1 aromatic heterocycles. The summed E-state index contributed by atoms with van der Waals surface area (Å²) in [6, 6.07) is 4.13. The fourth-order valence-electron chi connectivity index (χ4n) is 1.42. The van der Waals surface area contributed by atoms with Gasteiger partial charge in [0.25, 0.3) is 0 Å². The fourth-order valence-corrected chi connectivity index (χ4v) is 1.42. The molecule has 0 fully saturated rings. The highest BCUT2D eigenvalue weighted by molar-refractivity contribution is 5.54. The maximum absolute atomic E-state index is 9.03. The first-order chi connectivity index (χ1) is 7.10. The van der Waals surface area contributed by atoms with E-state index in [-0.39, 0.29) is 0 Å². The number of hydrogen-bond acceptors (Lipinski definition) is 3. The molecule has 0 spiro atoms. The molecule has 1 heterocycles. The minimum Gasteiger partial charge on any atom is -0.362 e. The summed E-state index contributed by atoms with van der Waals surface area (Å²) in [6.45, 7) is 4.28. The van der Waals surface area contributed by atoms with Crippen LogP contribution in [0.5, 0.6) is 0 Å². The van der Waals surface area contributed by atoms with Gasteiger partial charge in [-0.05, 0) is 24.0 Å². The Hall–Kier alpha value is -1.56. The number of anilines is 1. The van der Waals surface area contributed by atoms with E-state index in [9.17, 15) is 0 Å². The van der Waals surface area contributed by atoms with Crippen molar-refractivity contribution in [1.82, 2.24) is 4.98 Å². The first-order valence-electron chi connectivity index (χ1n) is 5.17. The lowest BCUT2D eigenvalue weighted by Crippen LogP contribution is -2.13. The SMILES string of the molecule is CCC(C)c1cnc(N(C)C)c(C#N)c1. The Morgan fingerprint density at radius 2 is 2.20 bits per heavy atom. The van der Waals surface area contributed by atoms with E-state index >= 15 is 0 Å². The Labute approximate surface area is 91.4 Å². The molecule has 0 radical (unpaired) electrons. The number of rotatable bonds is 3. The molecule has 1 rings (SSSR count). The van der Waals surface area contributed by atoms with Crippen molar-refractivity contribution in [2.75, 3.05) is 19.0 Å².